The zero-order valence-corrected chi connectivity index (χ0v) is 12.5. The van der Waals surface area contributed by atoms with Crippen LogP contribution in [0.25, 0.3) is 0 Å². The number of thioether (sulfide) groups is 1. The van der Waals surface area contributed by atoms with Crippen LogP contribution in [0.4, 0.5) is 4.79 Å². The molecule has 0 aromatic carbocycles. The first kappa shape index (κ1) is 16.1. The summed E-state index contributed by atoms with van der Waals surface area (Å²) < 4.78 is 5.09. The van der Waals surface area contributed by atoms with Gasteiger partial charge in [-0.3, -0.25) is 4.79 Å². The van der Waals surface area contributed by atoms with Crippen molar-refractivity contribution in [2.24, 2.45) is 0 Å². The van der Waals surface area contributed by atoms with Crippen LogP contribution in [0.3, 0.4) is 0 Å². The van der Waals surface area contributed by atoms with Gasteiger partial charge in [-0.1, -0.05) is 0 Å². The first-order valence-corrected chi connectivity index (χ1v) is 7.24. The van der Waals surface area contributed by atoms with Gasteiger partial charge in [-0.2, -0.15) is 11.8 Å². The third-order valence-corrected chi connectivity index (χ3v) is 4.23. The Balaban J connectivity index is 2.39. The molecular weight excluding hydrogens is 268 g/mol. The van der Waals surface area contributed by atoms with Gasteiger partial charge in [-0.25, -0.2) is 4.79 Å². The number of hydrogen-bond acceptors (Lipinski definition) is 4. The number of hydrogen-bond donors (Lipinski definition) is 2. The molecule has 1 unspecified atom stereocenters. The number of carboxylic acid groups (broad SMARTS) is 1. The summed E-state index contributed by atoms with van der Waals surface area (Å²) in [5.74, 6) is -0.0138. The average Bonchev–Trinajstić information content (AvgIpc) is 2.32. The van der Waals surface area contributed by atoms with Crippen LogP contribution in [0.5, 0.6) is 0 Å². The molecule has 1 heterocycles. The fourth-order valence-corrected chi connectivity index (χ4v) is 3.05. The first-order valence-electron chi connectivity index (χ1n) is 6.25. The lowest BCUT2D eigenvalue weighted by Crippen LogP contribution is -2.51. The van der Waals surface area contributed by atoms with Crippen LogP contribution in [-0.4, -0.2) is 65.4 Å². The van der Waals surface area contributed by atoms with Crippen molar-refractivity contribution < 1.29 is 19.4 Å². The van der Waals surface area contributed by atoms with E-state index in [1.54, 1.807) is 4.90 Å². The minimum atomic E-state index is -0.934. The molecule has 19 heavy (non-hydrogen) atoms. The van der Waals surface area contributed by atoms with Gasteiger partial charge in [0.2, 0.25) is 0 Å². The van der Waals surface area contributed by atoms with Crippen molar-refractivity contribution in [1.29, 1.82) is 0 Å². The van der Waals surface area contributed by atoms with Gasteiger partial charge in [0.15, 0.2) is 0 Å². The molecule has 0 bridgehead atoms. The lowest BCUT2D eigenvalue weighted by atomic mass is 10.2. The molecule has 0 saturated carbocycles. The van der Waals surface area contributed by atoms with E-state index in [4.69, 9.17) is 9.84 Å². The molecule has 1 aliphatic rings. The van der Waals surface area contributed by atoms with E-state index in [1.165, 1.54) is 7.11 Å². The SMILES string of the molecule is COC(CNC(=O)N1CCSC(C)(C)C1)CC(=O)O. The van der Waals surface area contributed by atoms with E-state index in [0.717, 1.165) is 12.3 Å². The van der Waals surface area contributed by atoms with E-state index in [9.17, 15) is 9.59 Å². The number of carbonyl (C=O) groups excluding carboxylic acids is 1. The molecule has 0 aromatic heterocycles. The van der Waals surface area contributed by atoms with Crippen LogP contribution in [-0.2, 0) is 9.53 Å². The molecule has 1 atom stereocenters. The highest BCUT2D eigenvalue weighted by Crippen LogP contribution is 2.29. The van der Waals surface area contributed by atoms with Gasteiger partial charge in [0.1, 0.15) is 0 Å². The van der Waals surface area contributed by atoms with Crippen molar-refractivity contribution in [3.8, 4) is 0 Å². The highest BCUT2D eigenvalue weighted by atomic mass is 32.2. The van der Waals surface area contributed by atoms with Crippen LogP contribution < -0.4 is 5.32 Å². The Kier molecular flexibility index (Phi) is 5.93. The Morgan fingerprint density at radius 2 is 2.21 bits per heavy atom. The maximum atomic E-state index is 12.0. The minimum absolute atomic E-state index is 0.0668. The van der Waals surface area contributed by atoms with E-state index < -0.39 is 12.1 Å². The predicted octanol–water partition coefficient (Wildman–Crippen LogP) is 1.01. The molecular formula is C12H22N2O4S. The maximum Gasteiger partial charge on any atom is 0.317 e. The normalized spacial score (nSPS) is 19.8. The van der Waals surface area contributed by atoms with Crippen LogP contribution in [0.2, 0.25) is 0 Å². The Bertz CT molecular complexity index is 336. The number of rotatable bonds is 5. The molecule has 0 radical (unpaired) electrons. The Hall–Kier alpha value is -0.950. The van der Waals surface area contributed by atoms with Crippen molar-refractivity contribution in [1.82, 2.24) is 10.2 Å². The van der Waals surface area contributed by atoms with E-state index in [2.05, 4.69) is 19.2 Å². The Morgan fingerprint density at radius 3 is 2.74 bits per heavy atom. The number of carbonyl (C=O) groups is 2. The van der Waals surface area contributed by atoms with Crippen LogP contribution in [0, 0.1) is 0 Å². The highest BCUT2D eigenvalue weighted by Gasteiger charge is 2.29. The van der Waals surface area contributed by atoms with Gasteiger partial charge in [0.05, 0.1) is 12.5 Å². The van der Waals surface area contributed by atoms with Crippen molar-refractivity contribution >= 4 is 23.8 Å². The monoisotopic (exact) mass is 290 g/mol. The summed E-state index contributed by atoms with van der Waals surface area (Å²) in [5, 5.41) is 11.4. The van der Waals surface area contributed by atoms with Crippen molar-refractivity contribution in [3.05, 3.63) is 0 Å². The number of methoxy groups -OCH3 is 1. The Labute approximate surface area is 117 Å². The van der Waals surface area contributed by atoms with Crippen molar-refractivity contribution in [3.63, 3.8) is 0 Å². The molecule has 110 valence electrons. The largest absolute Gasteiger partial charge is 0.481 e. The fourth-order valence-electron chi connectivity index (χ4n) is 1.94. The summed E-state index contributed by atoms with van der Waals surface area (Å²) in [4.78, 5) is 24.4. The quantitative estimate of drug-likeness (QED) is 0.790. The second kappa shape index (κ2) is 7.00. The molecule has 1 saturated heterocycles. The van der Waals surface area contributed by atoms with Gasteiger partial charge >= 0.3 is 12.0 Å². The van der Waals surface area contributed by atoms with Crippen LogP contribution >= 0.6 is 11.8 Å². The van der Waals surface area contributed by atoms with Gasteiger partial charge in [0, 0.05) is 37.2 Å². The lowest BCUT2D eigenvalue weighted by Gasteiger charge is -2.37. The zero-order chi connectivity index (χ0) is 14.5. The van der Waals surface area contributed by atoms with Crippen LogP contribution in [0.15, 0.2) is 0 Å². The molecule has 0 spiro atoms. The number of amides is 2. The summed E-state index contributed by atoms with van der Waals surface area (Å²) in [6.07, 6.45) is -0.605. The molecule has 1 fully saturated rings. The number of nitrogens with zero attached hydrogens (tertiary/aromatic N) is 1. The lowest BCUT2D eigenvalue weighted by molar-refractivity contribution is -0.139. The fraction of sp³-hybridized carbons (Fsp3) is 0.833. The van der Waals surface area contributed by atoms with Crippen molar-refractivity contribution in [2.45, 2.75) is 31.1 Å². The average molecular weight is 290 g/mol. The molecule has 6 nitrogen and oxygen atoms in total. The summed E-state index contributed by atoms with van der Waals surface area (Å²) in [6.45, 7) is 5.85. The first-order chi connectivity index (χ1) is 8.84. The zero-order valence-electron chi connectivity index (χ0n) is 11.6. The van der Waals surface area contributed by atoms with Gasteiger partial charge in [-0.05, 0) is 13.8 Å². The number of urea groups is 1. The Morgan fingerprint density at radius 1 is 1.53 bits per heavy atom. The number of carboxylic acids is 1. The second-order valence-electron chi connectivity index (χ2n) is 5.17. The van der Waals surface area contributed by atoms with E-state index in [1.807, 2.05) is 11.8 Å². The van der Waals surface area contributed by atoms with E-state index in [0.29, 0.717) is 6.54 Å². The molecule has 2 N–H and O–H groups in total. The molecule has 7 heteroatoms. The standard InChI is InChI=1S/C12H22N2O4S/c1-12(2)8-14(4-5-19-12)11(17)13-7-9(18-3)6-10(15)16/h9H,4-8H2,1-3H3,(H,13,17)(H,15,16). The number of ether oxygens (including phenoxy) is 1. The maximum absolute atomic E-state index is 12.0. The topological polar surface area (TPSA) is 78.9 Å². The summed E-state index contributed by atoms with van der Waals surface area (Å²) in [7, 11) is 1.44. The summed E-state index contributed by atoms with van der Waals surface area (Å²) >= 11 is 1.85. The smallest absolute Gasteiger partial charge is 0.317 e. The molecule has 0 aliphatic carbocycles. The van der Waals surface area contributed by atoms with Gasteiger partial charge in [-0.15, -0.1) is 0 Å². The number of nitrogens with one attached hydrogen (secondary N) is 1. The highest BCUT2D eigenvalue weighted by molar-refractivity contribution is 8.00. The van der Waals surface area contributed by atoms with Crippen molar-refractivity contribution in [2.75, 3.05) is 32.5 Å². The molecule has 0 aromatic rings. The van der Waals surface area contributed by atoms with Crippen LogP contribution in [0.1, 0.15) is 20.3 Å². The number of aliphatic carboxylic acids is 1. The van der Waals surface area contributed by atoms with Gasteiger partial charge < -0.3 is 20.1 Å². The van der Waals surface area contributed by atoms with Gasteiger partial charge in [0.25, 0.3) is 0 Å². The van der Waals surface area contributed by atoms with E-state index >= 15 is 0 Å². The molecule has 2 amide bonds. The minimum Gasteiger partial charge on any atom is -0.481 e. The molecule has 1 aliphatic heterocycles. The van der Waals surface area contributed by atoms with E-state index in [-0.39, 0.29) is 23.7 Å². The summed E-state index contributed by atoms with van der Waals surface area (Å²) in [6, 6.07) is -0.152. The second-order valence-corrected chi connectivity index (χ2v) is 6.97. The predicted molar refractivity (Wildman–Crippen MR) is 74.6 cm³/mol. The third kappa shape index (κ3) is 5.69. The summed E-state index contributed by atoms with van der Waals surface area (Å²) in [5.41, 5.74) is 0. The third-order valence-electron chi connectivity index (χ3n) is 2.93. The molecule has 1 rings (SSSR count).